The number of methoxy groups -OCH3 is 2. The lowest BCUT2D eigenvalue weighted by Gasteiger charge is -2.20. The smallest absolute Gasteiger partial charge is 0.162 e. The van der Waals surface area contributed by atoms with Gasteiger partial charge in [-0.15, -0.1) is 0 Å². The molecule has 0 spiro atoms. The van der Waals surface area contributed by atoms with Crippen molar-refractivity contribution < 1.29 is 9.47 Å². The molecule has 6 heteroatoms. The van der Waals surface area contributed by atoms with Gasteiger partial charge in [-0.2, -0.15) is 5.10 Å². The monoisotopic (exact) mass is 288 g/mol. The summed E-state index contributed by atoms with van der Waals surface area (Å²) >= 11 is 0. The van der Waals surface area contributed by atoms with Gasteiger partial charge in [0.1, 0.15) is 0 Å². The molecule has 0 atom stereocenters. The van der Waals surface area contributed by atoms with E-state index in [1.807, 2.05) is 10.9 Å². The molecule has 1 aliphatic heterocycles. The number of hydrogen-bond acceptors (Lipinski definition) is 5. The van der Waals surface area contributed by atoms with Gasteiger partial charge in [0.2, 0.25) is 0 Å². The van der Waals surface area contributed by atoms with Crippen molar-refractivity contribution in [3.05, 3.63) is 30.1 Å². The van der Waals surface area contributed by atoms with Crippen molar-refractivity contribution in [3.63, 3.8) is 0 Å². The average Bonchev–Trinajstić information content (AvgIpc) is 3.09. The summed E-state index contributed by atoms with van der Waals surface area (Å²) in [5.41, 5.74) is 8.89. The molecule has 0 saturated carbocycles. The second kappa shape index (κ2) is 5.55. The van der Waals surface area contributed by atoms with Crippen LogP contribution in [-0.2, 0) is 13.0 Å². The highest BCUT2D eigenvalue weighted by atomic mass is 16.5. The van der Waals surface area contributed by atoms with Crippen molar-refractivity contribution in [2.75, 3.05) is 37.9 Å². The van der Waals surface area contributed by atoms with Crippen molar-refractivity contribution >= 4 is 11.4 Å². The highest BCUT2D eigenvalue weighted by molar-refractivity contribution is 5.65. The van der Waals surface area contributed by atoms with E-state index in [1.54, 1.807) is 20.4 Å². The molecule has 3 rings (SSSR count). The fourth-order valence-corrected chi connectivity index (χ4v) is 2.74. The molecule has 2 N–H and O–H groups in total. The van der Waals surface area contributed by atoms with Crippen LogP contribution in [0.1, 0.15) is 5.56 Å². The van der Waals surface area contributed by atoms with Gasteiger partial charge >= 0.3 is 0 Å². The Balaban J connectivity index is 1.76. The van der Waals surface area contributed by atoms with Crippen molar-refractivity contribution in [2.45, 2.75) is 13.0 Å². The number of benzene rings is 1. The van der Waals surface area contributed by atoms with E-state index >= 15 is 0 Å². The van der Waals surface area contributed by atoms with Crippen LogP contribution in [0.3, 0.4) is 0 Å². The molecule has 112 valence electrons. The molecule has 0 unspecified atom stereocenters. The van der Waals surface area contributed by atoms with Gasteiger partial charge in [-0.3, -0.25) is 4.68 Å². The summed E-state index contributed by atoms with van der Waals surface area (Å²) in [5.74, 6) is 1.56. The van der Waals surface area contributed by atoms with Crippen LogP contribution in [0.5, 0.6) is 11.5 Å². The highest BCUT2D eigenvalue weighted by Gasteiger charge is 2.22. The van der Waals surface area contributed by atoms with Crippen molar-refractivity contribution in [1.82, 2.24) is 9.78 Å². The Hall–Kier alpha value is -2.37. The average molecular weight is 288 g/mol. The van der Waals surface area contributed by atoms with E-state index in [-0.39, 0.29) is 0 Å². The first-order chi connectivity index (χ1) is 10.2. The molecule has 0 aliphatic carbocycles. The second-order valence-corrected chi connectivity index (χ2v) is 5.11. The Labute approximate surface area is 124 Å². The standard InChI is InChI=1S/C15H20N4O2/c1-20-14-7-11-3-4-18(13(11)8-15(14)21-2)5-6-19-10-12(16)9-17-19/h7-10H,3-6,16H2,1-2H3. The summed E-state index contributed by atoms with van der Waals surface area (Å²) in [6, 6.07) is 4.12. The van der Waals surface area contributed by atoms with Crippen molar-refractivity contribution in [3.8, 4) is 11.5 Å². The number of fused-ring (bicyclic) bond motifs is 1. The Bertz CT molecular complexity index is 639. The molecule has 1 aliphatic rings. The number of ether oxygens (including phenoxy) is 2. The van der Waals surface area contributed by atoms with Gasteiger partial charge in [-0.25, -0.2) is 0 Å². The van der Waals surface area contributed by atoms with Gasteiger partial charge in [-0.05, 0) is 18.1 Å². The zero-order chi connectivity index (χ0) is 14.8. The van der Waals surface area contributed by atoms with E-state index in [9.17, 15) is 0 Å². The van der Waals surface area contributed by atoms with Crippen LogP contribution in [0.4, 0.5) is 11.4 Å². The number of hydrogen-bond donors (Lipinski definition) is 1. The predicted molar refractivity (Wildman–Crippen MR) is 82.1 cm³/mol. The van der Waals surface area contributed by atoms with E-state index in [4.69, 9.17) is 15.2 Å². The molecule has 0 bridgehead atoms. The molecule has 1 aromatic heterocycles. The van der Waals surface area contributed by atoms with E-state index < -0.39 is 0 Å². The van der Waals surface area contributed by atoms with Gasteiger partial charge in [-0.1, -0.05) is 0 Å². The van der Waals surface area contributed by atoms with Gasteiger partial charge in [0, 0.05) is 31.0 Å². The zero-order valence-electron chi connectivity index (χ0n) is 12.4. The summed E-state index contributed by atoms with van der Waals surface area (Å²) in [4.78, 5) is 2.34. The summed E-state index contributed by atoms with van der Waals surface area (Å²) in [7, 11) is 3.33. The normalized spacial score (nSPS) is 13.3. The van der Waals surface area contributed by atoms with Gasteiger partial charge in [0.15, 0.2) is 11.5 Å². The van der Waals surface area contributed by atoms with Crippen LogP contribution in [0.15, 0.2) is 24.5 Å². The number of rotatable bonds is 5. The maximum Gasteiger partial charge on any atom is 0.162 e. The third-order valence-corrected chi connectivity index (χ3v) is 3.83. The lowest BCUT2D eigenvalue weighted by Crippen LogP contribution is -2.25. The molecular formula is C15H20N4O2. The Morgan fingerprint density at radius 3 is 2.62 bits per heavy atom. The summed E-state index contributed by atoms with van der Waals surface area (Å²) < 4.78 is 12.6. The maximum atomic E-state index is 5.68. The summed E-state index contributed by atoms with van der Waals surface area (Å²) in [6.07, 6.45) is 4.55. The second-order valence-electron chi connectivity index (χ2n) is 5.11. The van der Waals surface area contributed by atoms with Gasteiger partial charge < -0.3 is 20.1 Å². The molecule has 21 heavy (non-hydrogen) atoms. The van der Waals surface area contributed by atoms with E-state index in [2.05, 4.69) is 22.1 Å². The number of aromatic nitrogens is 2. The molecular weight excluding hydrogens is 268 g/mol. The highest BCUT2D eigenvalue weighted by Crippen LogP contribution is 2.38. The largest absolute Gasteiger partial charge is 0.493 e. The number of nitrogen functional groups attached to an aromatic ring is 1. The Morgan fingerprint density at radius 2 is 1.95 bits per heavy atom. The van der Waals surface area contributed by atoms with Crippen LogP contribution in [0.25, 0.3) is 0 Å². The molecule has 0 fully saturated rings. The van der Waals surface area contributed by atoms with Gasteiger partial charge in [0.05, 0.1) is 32.6 Å². The quantitative estimate of drug-likeness (QED) is 0.904. The van der Waals surface area contributed by atoms with Crippen LogP contribution in [0.2, 0.25) is 0 Å². The predicted octanol–water partition coefficient (Wildman–Crippen LogP) is 1.55. The first-order valence-corrected chi connectivity index (χ1v) is 6.99. The molecule has 0 saturated heterocycles. The Kier molecular flexibility index (Phi) is 3.60. The molecule has 1 aromatic carbocycles. The fourth-order valence-electron chi connectivity index (χ4n) is 2.74. The first-order valence-electron chi connectivity index (χ1n) is 6.99. The van der Waals surface area contributed by atoms with E-state index in [0.717, 1.165) is 37.6 Å². The number of nitrogens with two attached hydrogens (primary N) is 1. The minimum atomic E-state index is 0.697. The van der Waals surface area contributed by atoms with Crippen LogP contribution >= 0.6 is 0 Å². The lowest BCUT2D eigenvalue weighted by molar-refractivity contribution is 0.355. The Morgan fingerprint density at radius 1 is 1.19 bits per heavy atom. The van der Waals surface area contributed by atoms with Crippen LogP contribution < -0.4 is 20.1 Å². The van der Waals surface area contributed by atoms with Gasteiger partial charge in [0.25, 0.3) is 0 Å². The first kappa shape index (κ1) is 13.6. The SMILES string of the molecule is COc1cc2c(cc1OC)N(CCn1cc(N)cn1)CC2. The summed E-state index contributed by atoms with van der Waals surface area (Å²) in [6.45, 7) is 2.71. The van der Waals surface area contributed by atoms with Crippen molar-refractivity contribution in [2.24, 2.45) is 0 Å². The number of nitrogens with zero attached hydrogens (tertiary/aromatic N) is 3. The minimum Gasteiger partial charge on any atom is -0.493 e. The summed E-state index contributed by atoms with van der Waals surface area (Å²) in [5, 5.41) is 4.21. The third kappa shape index (κ3) is 2.61. The lowest BCUT2D eigenvalue weighted by atomic mass is 10.1. The number of anilines is 2. The molecule has 2 heterocycles. The molecule has 0 amide bonds. The van der Waals surface area contributed by atoms with Crippen molar-refractivity contribution in [1.29, 1.82) is 0 Å². The van der Waals surface area contributed by atoms with Crippen LogP contribution in [0, 0.1) is 0 Å². The van der Waals surface area contributed by atoms with Crippen LogP contribution in [-0.4, -0.2) is 37.1 Å². The third-order valence-electron chi connectivity index (χ3n) is 3.83. The minimum absolute atomic E-state index is 0.697. The maximum absolute atomic E-state index is 5.68. The fraction of sp³-hybridized carbons (Fsp3) is 0.400. The zero-order valence-corrected chi connectivity index (χ0v) is 12.4. The van der Waals surface area contributed by atoms with E-state index in [1.165, 1.54) is 11.3 Å². The topological polar surface area (TPSA) is 65.5 Å². The molecule has 0 radical (unpaired) electrons. The van der Waals surface area contributed by atoms with E-state index in [0.29, 0.717) is 5.69 Å². The molecule has 2 aromatic rings. The molecule has 6 nitrogen and oxygen atoms in total.